The summed E-state index contributed by atoms with van der Waals surface area (Å²) >= 11 is 0. The molecule has 2 nitrogen and oxygen atoms in total. The first kappa shape index (κ1) is 12.4. The van der Waals surface area contributed by atoms with Gasteiger partial charge in [-0.15, -0.1) is 0 Å². The van der Waals surface area contributed by atoms with E-state index >= 15 is 0 Å². The van der Waals surface area contributed by atoms with E-state index in [0.717, 1.165) is 12.0 Å². The normalized spacial score (nSPS) is 32.8. The SMILES string of the molecule is C[C@H]1CCCC[C@@H]1NCCN1CCCCC1. The van der Waals surface area contributed by atoms with Crippen molar-refractivity contribution < 1.29 is 0 Å². The largest absolute Gasteiger partial charge is 0.312 e. The molecule has 1 saturated carbocycles. The average Bonchev–Trinajstić information content (AvgIpc) is 2.33. The van der Waals surface area contributed by atoms with E-state index < -0.39 is 0 Å². The molecule has 1 aliphatic carbocycles. The minimum Gasteiger partial charge on any atom is -0.312 e. The zero-order valence-electron chi connectivity index (χ0n) is 10.9. The Labute approximate surface area is 101 Å². The lowest BCUT2D eigenvalue weighted by Crippen LogP contribution is -2.42. The van der Waals surface area contributed by atoms with Gasteiger partial charge in [-0.2, -0.15) is 0 Å². The predicted octanol–water partition coefficient (Wildman–Crippen LogP) is 2.64. The topological polar surface area (TPSA) is 15.3 Å². The smallest absolute Gasteiger partial charge is 0.0107 e. The minimum absolute atomic E-state index is 0.804. The maximum atomic E-state index is 3.78. The molecular formula is C14H28N2. The van der Waals surface area contributed by atoms with E-state index in [1.54, 1.807) is 0 Å². The van der Waals surface area contributed by atoms with E-state index in [0.29, 0.717) is 0 Å². The van der Waals surface area contributed by atoms with Gasteiger partial charge in [0.2, 0.25) is 0 Å². The fourth-order valence-electron chi connectivity index (χ4n) is 3.21. The lowest BCUT2D eigenvalue weighted by atomic mass is 9.86. The number of hydrogen-bond acceptors (Lipinski definition) is 2. The molecule has 1 aliphatic heterocycles. The average molecular weight is 224 g/mol. The predicted molar refractivity (Wildman–Crippen MR) is 69.7 cm³/mol. The van der Waals surface area contributed by atoms with E-state index in [2.05, 4.69) is 17.1 Å². The third-order valence-corrected chi connectivity index (χ3v) is 4.39. The molecular weight excluding hydrogens is 196 g/mol. The van der Waals surface area contributed by atoms with Crippen LogP contribution in [0.2, 0.25) is 0 Å². The van der Waals surface area contributed by atoms with Gasteiger partial charge >= 0.3 is 0 Å². The fraction of sp³-hybridized carbons (Fsp3) is 1.00. The first-order chi connectivity index (χ1) is 7.86. The van der Waals surface area contributed by atoms with Crippen LogP contribution >= 0.6 is 0 Å². The molecule has 0 unspecified atom stereocenters. The van der Waals surface area contributed by atoms with E-state index in [9.17, 15) is 0 Å². The second kappa shape index (κ2) is 6.61. The van der Waals surface area contributed by atoms with Crippen molar-refractivity contribution in [2.45, 2.75) is 57.9 Å². The second-order valence-corrected chi connectivity index (χ2v) is 5.72. The molecule has 1 N–H and O–H groups in total. The van der Waals surface area contributed by atoms with Crippen molar-refractivity contribution in [1.29, 1.82) is 0 Å². The molecule has 0 aromatic rings. The van der Waals surface area contributed by atoms with Gasteiger partial charge in [0, 0.05) is 19.1 Å². The minimum atomic E-state index is 0.804. The Bertz CT molecular complexity index is 187. The van der Waals surface area contributed by atoms with Crippen LogP contribution in [-0.4, -0.2) is 37.1 Å². The third-order valence-electron chi connectivity index (χ3n) is 4.39. The third kappa shape index (κ3) is 3.74. The number of piperidine rings is 1. The quantitative estimate of drug-likeness (QED) is 0.790. The summed E-state index contributed by atoms with van der Waals surface area (Å²) in [7, 11) is 0. The molecule has 94 valence electrons. The van der Waals surface area contributed by atoms with Crippen molar-refractivity contribution >= 4 is 0 Å². The number of rotatable bonds is 4. The molecule has 0 bridgehead atoms. The van der Waals surface area contributed by atoms with Crippen LogP contribution in [0.15, 0.2) is 0 Å². The summed E-state index contributed by atoms with van der Waals surface area (Å²) in [6, 6.07) is 0.804. The van der Waals surface area contributed by atoms with Crippen molar-refractivity contribution in [2.24, 2.45) is 5.92 Å². The lowest BCUT2D eigenvalue weighted by molar-refractivity contribution is 0.213. The molecule has 0 aromatic heterocycles. The van der Waals surface area contributed by atoms with Crippen LogP contribution in [0.1, 0.15) is 51.9 Å². The number of nitrogens with one attached hydrogen (secondary N) is 1. The van der Waals surface area contributed by atoms with E-state index in [1.165, 1.54) is 71.1 Å². The molecule has 0 aromatic carbocycles. The van der Waals surface area contributed by atoms with Gasteiger partial charge in [-0.1, -0.05) is 26.2 Å². The van der Waals surface area contributed by atoms with Gasteiger partial charge in [0.05, 0.1) is 0 Å². The highest BCUT2D eigenvalue weighted by atomic mass is 15.1. The van der Waals surface area contributed by atoms with Crippen LogP contribution in [0.25, 0.3) is 0 Å². The van der Waals surface area contributed by atoms with Gasteiger partial charge in [-0.3, -0.25) is 0 Å². The maximum Gasteiger partial charge on any atom is 0.0107 e. The zero-order chi connectivity index (χ0) is 11.2. The Morgan fingerprint density at radius 3 is 2.50 bits per heavy atom. The van der Waals surface area contributed by atoms with E-state index in [4.69, 9.17) is 0 Å². The van der Waals surface area contributed by atoms with Crippen molar-refractivity contribution in [2.75, 3.05) is 26.2 Å². The molecule has 1 heterocycles. The Balaban J connectivity index is 1.59. The van der Waals surface area contributed by atoms with E-state index in [1.807, 2.05) is 0 Å². The van der Waals surface area contributed by atoms with Crippen LogP contribution in [0, 0.1) is 5.92 Å². The van der Waals surface area contributed by atoms with Crippen molar-refractivity contribution in [1.82, 2.24) is 10.2 Å². The Kier molecular flexibility index (Phi) is 5.11. The monoisotopic (exact) mass is 224 g/mol. The van der Waals surface area contributed by atoms with E-state index in [-0.39, 0.29) is 0 Å². The number of nitrogens with zero attached hydrogens (tertiary/aromatic N) is 1. The molecule has 16 heavy (non-hydrogen) atoms. The Morgan fingerprint density at radius 1 is 1.00 bits per heavy atom. The number of likely N-dealkylation sites (tertiary alicyclic amines) is 1. The summed E-state index contributed by atoms with van der Waals surface area (Å²) < 4.78 is 0. The van der Waals surface area contributed by atoms with Crippen LogP contribution in [0.4, 0.5) is 0 Å². The van der Waals surface area contributed by atoms with Gasteiger partial charge in [-0.25, -0.2) is 0 Å². The molecule has 2 fully saturated rings. The summed E-state index contributed by atoms with van der Waals surface area (Å²) in [6.07, 6.45) is 10.0. The maximum absolute atomic E-state index is 3.78. The van der Waals surface area contributed by atoms with Gasteiger partial charge in [0.25, 0.3) is 0 Å². The van der Waals surface area contributed by atoms with Crippen molar-refractivity contribution in [3.05, 3.63) is 0 Å². The van der Waals surface area contributed by atoms with Crippen molar-refractivity contribution in [3.63, 3.8) is 0 Å². The zero-order valence-corrected chi connectivity index (χ0v) is 10.9. The van der Waals surface area contributed by atoms with Crippen LogP contribution < -0.4 is 5.32 Å². The van der Waals surface area contributed by atoms with Gasteiger partial charge < -0.3 is 10.2 Å². The Morgan fingerprint density at radius 2 is 1.75 bits per heavy atom. The highest BCUT2D eigenvalue weighted by Crippen LogP contribution is 2.23. The summed E-state index contributed by atoms with van der Waals surface area (Å²) in [6.45, 7) is 7.56. The molecule has 0 radical (unpaired) electrons. The summed E-state index contributed by atoms with van der Waals surface area (Å²) in [5.74, 6) is 0.898. The first-order valence-electron chi connectivity index (χ1n) is 7.32. The standard InChI is InChI=1S/C14H28N2/c1-13-7-3-4-8-14(13)15-9-12-16-10-5-2-6-11-16/h13-15H,2-12H2,1H3/t13-,14-/m0/s1. The summed E-state index contributed by atoms with van der Waals surface area (Å²) in [5, 5.41) is 3.78. The number of hydrogen-bond donors (Lipinski definition) is 1. The van der Waals surface area contributed by atoms with Crippen LogP contribution in [0.5, 0.6) is 0 Å². The van der Waals surface area contributed by atoms with Gasteiger partial charge in [0.15, 0.2) is 0 Å². The van der Waals surface area contributed by atoms with Crippen molar-refractivity contribution in [3.8, 4) is 0 Å². The molecule has 0 amide bonds. The van der Waals surface area contributed by atoms with Gasteiger partial charge in [-0.05, 0) is 44.7 Å². The van der Waals surface area contributed by atoms with Gasteiger partial charge in [0.1, 0.15) is 0 Å². The molecule has 0 spiro atoms. The second-order valence-electron chi connectivity index (χ2n) is 5.72. The highest BCUT2D eigenvalue weighted by molar-refractivity contribution is 4.78. The molecule has 1 saturated heterocycles. The first-order valence-corrected chi connectivity index (χ1v) is 7.32. The molecule has 2 rings (SSSR count). The Hall–Kier alpha value is -0.0800. The summed E-state index contributed by atoms with van der Waals surface area (Å²) in [4.78, 5) is 2.63. The molecule has 2 aliphatic rings. The molecule has 2 atom stereocenters. The fourth-order valence-corrected chi connectivity index (χ4v) is 3.21. The highest BCUT2D eigenvalue weighted by Gasteiger charge is 2.20. The van der Waals surface area contributed by atoms with Crippen LogP contribution in [-0.2, 0) is 0 Å². The van der Waals surface area contributed by atoms with Crippen LogP contribution in [0.3, 0.4) is 0 Å². The summed E-state index contributed by atoms with van der Waals surface area (Å²) in [5.41, 5.74) is 0. The lowest BCUT2D eigenvalue weighted by Gasteiger charge is -2.31. The molecule has 2 heteroatoms.